The highest BCUT2D eigenvalue weighted by Gasteiger charge is 2.24. The first kappa shape index (κ1) is 21.8. The lowest BCUT2D eigenvalue weighted by Crippen LogP contribution is -2.51. The van der Waals surface area contributed by atoms with Gasteiger partial charge < -0.3 is 14.5 Å². The van der Waals surface area contributed by atoms with Crippen LogP contribution in [-0.4, -0.2) is 65.0 Å². The number of benzene rings is 2. The second-order valence-electron chi connectivity index (χ2n) is 7.00. The molecule has 3 rings (SSSR count). The molecule has 8 nitrogen and oxygen atoms in total. The molecule has 0 saturated carbocycles. The van der Waals surface area contributed by atoms with E-state index in [4.69, 9.17) is 0 Å². The van der Waals surface area contributed by atoms with Crippen LogP contribution in [0.1, 0.15) is 15.9 Å². The molecule has 1 amide bonds. The SMILES string of the molecule is COC(=O)c1ccc(C)c(S(=O)(=O)NCC(=O)N2CCN(c3ccccc3)CC2)c1. The van der Waals surface area contributed by atoms with E-state index in [9.17, 15) is 18.0 Å². The van der Waals surface area contributed by atoms with Crippen LogP contribution < -0.4 is 9.62 Å². The van der Waals surface area contributed by atoms with Gasteiger partial charge in [0.05, 0.1) is 24.1 Å². The molecule has 160 valence electrons. The fourth-order valence-corrected chi connectivity index (χ4v) is 4.58. The summed E-state index contributed by atoms with van der Waals surface area (Å²) in [5.41, 5.74) is 1.71. The number of hydrogen-bond donors (Lipinski definition) is 1. The summed E-state index contributed by atoms with van der Waals surface area (Å²) in [7, 11) is -2.73. The lowest BCUT2D eigenvalue weighted by Gasteiger charge is -2.36. The number of nitrogens with zero attached hydrogens (tertiary/aromatic N) is 2. The minimum Gasteiger partial charge on any atom is -0.465 e. The first-order valence-corrected chi connectivity index (χ1v) is 11.1. The normalized spacial score (nSPS) is 14.5. The van der Waals surface area contributed by atoms with Crippen molar-refractivity contribution >= 4 is 27.6 Å². The van der Waals surface area contributed by atoms with Crippen LogP contribution >= 0.6 is 0 Å². The van der Waals surface area contributed by atoms with Crippen LogP contribution in [0, 0.1) is 6.92 Å². The van der Waals surface area contributed by atoms with E-state index >= 15 is 0 Å². The average molecular weight is 432 g/mol. The lowest BCUT2D eigenvalue weighted by atomic mass is 10.1. The molecule has 0 spiro atoms. The van der Waals surface area contributed by atoms with Crippen molar-refractivity contribution in [2.24, 2.45) is 0 Å². The molecular formula is C21H25N3O5S. The van der Waals surface area contributed by atoms with Crippen LogP contribution in [0.2, 0.25) is 0 Å². The van der Waals surface area contributed by atoms with Gasteiger partial charge in [0.15, 0.2) is 0 Å². The van der Waals surface area contributed by atoms with Crippen molar-refractivity contribution < 1.29 is 22.7 Å². The van der Waals surface area contributed by atoms with Crippen molar-refractivity contribution in [3.05, 3.63) is 59.7 Å². The van der Waals surface area contributed by atoms with Crippen LogP contribution in [0.25, 0.3) is 0 Å². The number of hydrogen-bond acceptors (Lipinski definition) is 6. The van der Waals surface area contributed by atoms with Gasteiger partial charge in [0.25, 0.3) is 0 Å². The van der Waals surface area contributed by atoms with Crippen molar-refractivity contribution in [1.29, 1.82) is 0 Å². The molecule has 0 aromatic heterocycles. The van der Waals surface area contributed by atoms with Gasteiger partial charge in [0.2, 0.25) is 15.9 Å². The number of methoxy groups -OCH3 is 1. The molecule has 1 aliphatic heterocycles. The zero-order valence-corrected chi connectivity index (χ0v) is 17.8. The Kier molecular flexibility index (Phi) is 6.73. The van der Waals surface area contributed by atoms with E-state index < -0.39 is 16.0 Å². The second kappa shape index (κ2) is 9.27. The number of sulfonamides is 1. The number of ether oxygens (including phenoxy) is 1. The fraction of sp³-hybridized carbons (Fsp3) is 0.333. The standard InChI is InChI=1S/C21H25N3O5S/c1-16-8-9-17(21(26)29-2)14-19(16)30(27,28)22-15-20(25)24-12-10-23(11-13-24)18-6-4-3-5-7-18/h3-9,14,22H,10-13,15H2,1-2H3. The van der Waals surface area contributed by atoms with Gasteiger partial charge in [-0.2, -0.15) is 0 Å². The number of carbonyl (C=O) groups is 2. The van der Waals surface area contributed by atoms with Crippen LogP contribution in [0.15, 0.2) is 53.4 Å². The number of amides is 1. The van der Waals surface area contributed by atoms with Crippen LogP contribution in [0.5, 0.6) is 0 Å². The van der Waals surface area contributed by atoms with E-state index in [-0.39, 0.29) is 22.9 Å². The number of piperazine rings is 1. The Morgan fingerprint density at radius 2 is 1.70 bits per heavy atom. The molecule has 2 aromatic carbocycles. The molecule has 0 radical (unpaired) electrons. The summed E-state index contributed by atoms with van der Waals surface area (Å²) in [6, 6.07) is 14.2. The average Bonchev–Trinajstić information content (AvgIpc) is 2.78. The highest BCUT2D eigenvalue weighted by molar-refractivity contribution is 7.89. The predicted molar refractivity (Wildman–Crippen MR) is 113 cm³/mol. The third-order valence-corrected chi connectivity index (χ3v) is 6.61. The predicted octanol–water partition coefficient (Wildman–Crippen LogP) is 1.41. The topological polar surface area (TPSA) is 96.0 Å². The minimum absolute atomic E-state index is 0.0490. The molecule has 0 unspecified atom stereocenters. The van der Waals surface area contributed by atoms with Crippen LogP contribution in [0.3, 0.4) is 0 Å². The molecule has 1 N–H and O–H groups in total. The molecular weight excluding hydrogens is 406 g/mol. The molecule has 1 aliphatic rings. The number of nitrogens with one attached hydrogen (secondary N) is 1. The van der Waals surface area contributed by atoms with Gasteiger partial charge in [0.1, 0.15) is 0 Å². The Bertz CT molecular complexity index is 1020. The highest BCUT2D eigenvalue weighted by Crippen LogP contribution is 2.18. The Hall–Kier alpha value is -2.91. The van der Waals surface area contributed by atoms with Crippen LogP contribution in [0.4, 0.5) is 5.69 Å². The molecule has 0 atom stereocenters. The molecule has 0 bridgehead atoms. The largest absolute Gasteiger partial charge is 0.465 e. The quantitative estimate of drug-likeness (QED) is 0.695. The smallest absolute Gasteiger partial charge is 0.337 e. The van der Waals surface area contributed by atoms with Gasteiger partial charge in [-0.3, -0.25) is 4.79 Å². The maximum Gasteiger partial charge on any atom is 0.337 e. The minimum atomic E-state index is -3.96. The van der Waals surface area contributed by atoms with E-state index in [0.717, 1.165) is 5.69 Å². The van der Waals surface area contributed by atoms with Crippen molar-refractivity contribution in [2.75, 3.05) is 44.7 Å². The maximum atomic E-state index is 12.7. The van der Waals surface area contributed by atoms with E-state index in [1.54, 1.807) is 11.8 Å². The lowest BCUT2D eigenvalue weighted by molar-refractivity contribution is -0.130. The molecule has 1 heterocycles. The Labute approximate surface area is 176 Å². The Morgan fingerprint density at radius 3 is 2.33 bits per heavy atom. The Morgan fingerprint density at radius 1 is 1.03 bits per heavy atom. The summed E-state index contributed by atoms with van der Waals surface area (Å²) >= 11 is 0. The van der Waals surface area contributed by atoms with Crippen molar-refractivity contribution in [3.63, 3.8) is 0 Å². The zero-order valence-electron chi connectivity index (χ0n) is 17.0. The van der Waals surface area contributed by atoms with Gasteiger partial charge >= 0.3 is 5.97 Å². The van der Waals surface area contributed by atoms with E-state index in [2.05, 4.69) is 14.4 Å². The molecule has 9 heteroatoms. The summed E-state index contributed by atoms with van der Waals surface area (Å²) in [6.45, 7) is 3.69. The fourth-order valence-electron chi connectivity index (χ4n) is 3.33. The third kappa shape index (κ3) is 4.98. The van der Waals surface area contributed by atoms with Crippen LogP contribution in [-0.2, 0) is 19.6 Å². The van der Waals surface area contributed by atoms with E-state index in [1.807, 2.05) is 30.3 Å². The number of anilines is 1. The first-order chi connectivity index (χ1) is 14.3. The van der Waals surface area contributed by atoms with Crippen molar-refractivity contribution in [3.8, 4) is 0 Å². The molecule has 1 fully saturated rings. The highest BCUT2D eigenvalue weighted by atomic mass is 32.2. The van der Waals surface area contributed by atoms with Gasteiger partial charge in [-0.25, -0.2) is 17.9 Å². The second-order valence-corrected chi connectivity index (χ2v) is 8.74. The number of esters is 1. The summed E-state index contributed by atoms with van der Waals surface area (Å²) in [5.74, 6) is -0.910. The number of rotatable bonds is 6. The van der Waals surface area contributed by atoms with Gasteiger partial charge in [-0.05, 0) is 36.8 Å². The van der Waals surface area contributed by atoms with Crippen molar-refractivity contribution in [2.45, 2.75) is 11.8 Å². The zero-order chi connectivity index (χ0) is 21.7. The van der Waals surface area contributed by atoms with Gasteiger partial charge in [-0.15, -0.1) is 0 Å². The third-order valence-electron chi connectivity index (χ3n) is 5.07. The summed E-state index contributed by atoms with van der Waals surface area (Å²) in [5, 5.41) is 0. The molecule has 2 aromatic rings. The Balaban J connectivity index is 1.60. The summed E-state index contributed by atoms with van der Waals surface area (Å²) < 4.78 is 32.4. The van der Waals surface area contributed by atoms with Crippen molar-refractivity contribution in [1.82, 2.24) is 9.62 Å². The van der Waals surface area contributed by atoms with E-state index in [0.29, 0.717) is 31.7 Å². The summed E-state index contributed by atoms with van der Waals surface area (Å²) in [6.07, 6.45) is 0. The molecule has 0 aliphatic carbocycles. The summed E-state index contributed by atoms with van der Waals surface area (Å²) in [4.78, 5) is 28.0. The molecule has 30 heavy (non-hydrogen) atoms. The first-order valence-electron chi connectivity index (χ1n) is 9.58. The molecule has 1 saturated heterocycles. The number of para-hydroxylation sites is 1. The van der Waals surface area contributed by atoms with Gasteiger partial charge in [-0.1, -0.05) is 24.3 Å². The number of aryl methyl sites for hydroxylation is 1. The number of carbonyl (C=O) groups excluding carboxylic acids is 2. The maximum absolute atomic E-state index is 12.7. The monoisotopic (exact) mass is 431 g/mol. The van der Waals surface area contributed by atoms with E-state index in [1.165, 1.54) is 25.3 Å². The van der Waals surface area contributed by atoms with Gasteiger partial charge in [0, 0.05) is 31.9 Å².